The molecule has 24 heavy (non-hydrogen) atoms. The van der Waals surface area contributed by atoms with Crippen LogP contribution in [0.4, 0.5) is 0 Å². The second-order valence-corrected chi connectivity index (χ2v) is 5.86. The third-order valence-corrected chi connectivity index (χ3v) is 4.13. The normalized spacial score (nSPS) is 11.1. The number of aromatic nitrogens is 4. The molecule has 0 saturated heterocycles. The Bertz CT molecular complexity index is 1000. The molecule has 4 aromatic rings. The molecule has 0 radical (unpaired) electrons. The van der Waals surface area contributed by atoms with E-state index in [2.05, 4.69) is 60.3 Å². The Hall–Kier alpha value is -3.01. The van der Waals surface area contributed by atoms with Crippen LogP contribution in [0.5, 0.6) is 0 Å². The van der Waals surface area contributed by atoms with Gasteiger partial charge in [0.05, 0.1) is 5.52 Å². The van der Waals surface area contributed by atoms with Crippen molar-refractivity contribution < 1.29 is 0 Å². The number of nitrogens with zero attached hydrogens (tertiary/aromatic N) is 4. The highest BCUT2D eigenvalue weighted by atomic mass is 15.3. The Morgan fingerprint density at radius 3 is 2.54 bits per heavy atom. The van der Waals surface area contributed by atoms with E-state index in [0.29, 0.717) is 0 Å². The number of hydrogen-bond acceptors (Lipinski definition) is 3. The molecule has 0 bridgehead atoms. The van der Waals surface area contributed by atoms with Crippen LogP contribution in [0.1, 0.15) is 12.5 Å². The second kappa shape index (κ2) is 5.89. The van der Waals surface area contributed by atoms with E-state index >= 15 is 0 Å². The van der Waals surface area contributed by atoms with Gasteiger partial charge >= 0.3 is 0 Å². The molecule has 0 aliphatic rings. The smallest absolute Gasteiger partial charge is 0.181 e. The van der Waals surface area contributed by atoms with Crippen molar-refractivity contribution in [2.24, 2.45) is 0 Å². The van der Waals surface area contributed by atoms with Crippen LogP contribution in [0.3, 0.4) is 0 Å². The molecule has 4 rings (SSSR count). The first-order valence-corrected chi connectivity index (χ1v) is 8.11. The molecule has 0 unspecified atom stereocenters. The van der Waals surface area contributed by atoms with Crippen molar-refractivity contribution in [3.05, 3.63) is 66.4 Å². The standard InChI is InChI=1S/C20H18N4/c1-3-24-20(17-12-16-6-4-5-7-18(16)21-13-17)22-19(23-24)15-10-8-14(2)9-11-15/h4-13H,3H2,1-2H3. The van der Waals surface area contributed by atoms with Gasteiger partial charge in [0.15, 0.2) is 11.6 Å². The predicted octanol–water partition coefficient (Wildman–Crippen LogP) is 4.49. The molecule has 0 aliphatic heterocycles. The quantitative estimate of drug-likeness (QED) is 0.559. The minimum atomic E-state index is 0.750. The Kier molecular flexibility index (Phi) is 3.58. The van der Waals surface area contributed by atoms with Gasteiger partial charge in [-0.15, -0.1) is 0 Å². The maximum absolute atomic E-state index is 4.77. The van der Waals surface area contributed by atoms with Gasteiger partial charge in [0.2, 0.25) is 0 Å². The summed E-state index contributed by atoms with van der Waals surface area (Å²) in [5, 5.41) is 5.77. The predicted molar refractivity (Wildman–Crippen MR) is 96.6 cm³/mol. The van der Waals surface area contributed by atoms with Gasteiger partial charge in [-0.05, 0) is 26.0 Å². The molecule has 4 nitrogen and oxygen atoms in total. The van der Waals surface area contributed by atoms with Crippen LogP contribution in [0.25, 0.3) is 33.7 Å². The fraction of sp³-hybridized carbons (Fsp3) is 0.150. The first kappa shape index (κ1) is 14.6. The van der Waals surface area contributed by atoms with Gasteiger partial charge in [-0.3, -0.25) is 4.98 Å². The zero-order valence-corrected chi connectivity index (χ0v) is 13.8. The Morgan fingerprint density at radius 2 is 1.75 bits per heavy atom. The number of rotatable bonds is 3. The van der Waals surface area contributed by atoms with E-state index in [0.717, 1.165) is 40.2 Å². The molecular formula is C20H18N4. The highest BCUT2D eigenvalue weighted by molar-refractivity contribution is 5.82. The maximum atomic E-state index is 4.77. The summed E-state index contributed by atoms with van der Waals surface area (Å²) < 4.78 is 1.93. The zero-order chi connectivity index (χ0) is 16.5. The summed E-state index contributed by atoms with van der Waals surface area (Å²) in [7, 11) is 0. The molecule has 2 heterocycles. The Labute approximate surface area is 140 Å². The van der Waals surface area contributed by atoms with Gasteiger partial charge in [-0.2, -0.15) is 5.10 Å². The highest BCUT2D eigenvalue weighted by Crippen LogP contribution is 2.24. The summed E-state index contributed by atoms with van der Waals surface area (Å²) in [6.45, 7) is 4.92. The second-order valence-electron chi connectivity index (χ2n) is 5.86. The van der Waals surface area contributed by atoms with Crippen molar-refractivity contribution in [3.63, 3.8) is 0 Å². The van der Waals surface area contributed by atoms with E-state index in [9.17, 15) is 0 Å². The topological polar surface area (TPSA) is 43.6 Å². The van der Waals surface area contributed by atoms with Crippen molar-refractivity contribution in [2.45, 2.75) is 20.4 Å². The molecule has 0 saturated carbocycles. The van der Waals surface area contributed by atoms with E-state index < -0.39 is 0 Å². The van der Waals surface area contributed by atoms with Crippen LogP contribution in [0, 0.1) is 6.92 Å². The van der Waals surface area contributed by atoms with E-state index in [1.54, 1.807) is 0 Å². The molecule has 0 fully saturated rings. The van der Waals surface area contributed by atoms with Crippen molar-refractivity contribution >= 4 is 10.9 Å². The van der Waals surface area contributed by atoms with Crippen molar-refractivity contribution in [1.82, 2.24) is 19.7 Å². The minimum absolute atomic E-state index is 0.750. The molecule has 0 atom stereocenters. The summed E-state index contributed by atoms with van der Waals surface area (Å²) in [5.41, 5.74) is 4.24. The fourth-order valence-electron chi connectivity index (χ4n) is 2.79. The molecule has 0 N–H and O–H groups in total. The third kappa shape index (κ3) is 2.56. The van der Waals surface area contributed by atoms with Gasteiger partial charge < -0.3 is 0 Å². The third-order valence-electron chi connectivity index (χ3n) is 4.13. The largest absolute Gasteiger partial charge is 0.255 e. The summed E-state index contributed by atoms with van der Waals surface area (Å²) >= 11 is 0. The van der Waals surface area contributed by atoms with Crippen LogP contribution in [0.15, 0.2) is 60.8 Å². The summed E-state index contributed by atoms with van der Waals surface area (Å²) in [5.74, 6) is 1.60. The van der Waals surface area contributed by atoms with Gasteiger partial charge in [-0.25, -0.2) is 9.67 Å². The lowest BCUT2D eigenvalue weighted by atomic mass is 10.1. The number of pyridine rings is 1. The SMILES string of the molecule is CCn1nc(-c2ccc(C)cc2)nc1-c1cnc2ccccc2c1. The van der Waals surface area contributed by atoms with E-state index in [1.165, 1.54) is 5.56 Å². The molecule has 0 aliphatic carbocycles. The van der Waals surface area contributed by atoms with Crippen LogP contribution >= 0.6 is 0 Å². The average molecular weight is 314 g/mol. The van der Waals surface area contributed by atoms with Crippen molar-refractivity contribution in [2.75, 3.05) is 0 Å². The van der Waals surface area contributed by atoms with Crippen molar-refractivity contribution in [1.29, 1.82) is 0 Å². The molecule has 4 heteroatoms. The van der Waals surface area contributed by atoms with Gasteiger partial charge in [0, 0.05) is 29.3 Å². The lowest BCUT2D eigenvalue weighted by Crippen LogP contribution is -2.00. The van der Waals surface area contributed by atoms with E-state index in [1.807, 2.05) is 29.1 Å². The van der Waals surface area contributed by atoms with E-state index in [-0.39, 0.29) is 0 Å². The zero-order valence-electron chi connectivity index (χ0n) is 13.8. The Morgan fingerprint density at radius 1 is 0.958 bits per heavy atom. The summed E-state index contributed by atoms with van der Waals surface area (Å²) in [6.07, 6.45) is 1.87. The Balaban J connectivity index is 1.82. The van der Waals surface area contributed by atoms with E-state index in [4.69, 9.17) is 4.98 Å². The number of aryl methyl sites for hydroxylation is 2. The van der Waals surface area contributed by atoms with Crippen LogP contribution in [0.2, 0.25) is 0 Å². The van der Waals surface area contributed by atoms with Gasteiger partial charge in [0.25, 0.3) is 0 Å². The minimum Gasteiger partial charge on any atom is -0.255 e. The maximum Gasteiger partial charge on any atom is 0.181 e. The monoisotopic (exact) mass is 314 g/mol. The first-order valence-electron chi connectivity index (χ1n) is 8.11. The number of fused-ring (bicyclic) bond motifs is 1. The molecule has 2 aromatic heterocycles. The molecule has 0 spiro atoms. The van der Waals surface area contributed by atoms with Crippen LogP contribution in [-0.4, -0.2) is 19.7 Å². The van der Waals surface area contributed by atoms with Gasteiger partial charge in [-0.1, -0.05) is 48.0 Å². The first-order chi connectivity index (χ1) is 11.7. The molecule has 2 aromatic carbocycles. The molecule has 118 valence electrons. The van der Waals surface area contributed by atoms with Gasteiger partial charge in [0.1, 0.15) is 0 Å². The summed E-state index contributed by atoms with van der Waals surface area (Å²) in [6, 6.07) is 18.5. The molecular weight excluding hydrogens is 296 g/mol. The summed E-state index contributed by atoms with van der Waals surface area (Å²) in [4.78, 5) is 9.32. The number of benzene rings is 2. The highest BCUT2D eigenvalue weighted by Gasteiger charge is 2.13. The van der Waals surface area contributed by atoms with Crippen LogP contribution in [-0.2, 0) is 6.54 Å². The number of para-hydroxylation sites is 1. The molecule has 0 amide bonds. The van der Waals surface area contributed by atoms with Crippen molar-refractivity contribution in [3.8, 4) is 22.8 Å². The fourth-order valence-corrected chi connectivity index (χ4v) is 2.79. The lowest BCUT2D eigenvalue weighted by Gasteiger charge is -2.03. The van der Waals surface area contributed by atoms with Crippen LogP contribution < -0.4 is 0 Å². The number of hydrogen-bond donors (Lipinski definition) is 0. The average Bonchev–Trinajstić information content (AvgIpc) is 3.06. The lowest BCUT2D eigenvalue weighted by molar-refractivity contribution is 0.667.